The summed E-state index contributed by atoms with van der Waals surface area (Å²) in [5.74, 6) is -1.46. The number of nitrogens with one attached hydrogen (secondary N) is 2. The highest BCUT2D eigenvalue weighted by atomic mass is 16.3. The lowest BCUT2D eigenvalue weighted by Crippen LogP contribution is -2.58. The van der Waals surface area contributed by atoms with Crippen LogP contribution in [0.15, 0.2) is 91.0 Å². The van der Waals surface area contributed by atoms with Gasteiger partial charge in [0.25, 0.3) is 0 Å². The largest absolute Gasteiger partial charge is 0.554 e. The second kappa shape index (κ2) is 15.8. The summed E-state index contributed by atoms with van der Waals surface area (Å²) >= 11 is 0. The van der Waals surface area contributed by atoms with E-state index in [0.717, 1.165) is 16.7 Å². The van der Waals surface area contributed by atoms with Gasteiger partial charge in [-0.2, -0.15) is 0 Å². The Morgan fingerprint density at radius 3 is 1.98 bits per heavy atom. The van der Waals surface area contributed by atoms with Crippen LogP contribution in [-0.2, 0) is 25.6 Å². The van der Waals surface area contributed by atoms with E-state index in [1.807, 2.05) is 91.0 Å². The maximum Gasteiger partial charge on any atom is 0.246 e. The molecule has 0 saturated carbocycles. The Hall–Kier alpha value is -4.54. The van der Waals surface area contributed by atoms with Gasteiger partial charge in [-0.05, 0) is 48.8 Å². The van der Waals surface area contributed by atoms with Gasteiger partial charge in [-0.25, -0.2) is 0 Å². The lowest BCUT2D eigenvalue weighted by Gasteiger charge is -2.33. The fourth-order valence-electron chi connectivity index (χ4n) is 6.18. The van der Waals surface area contributed by atoms with Gasteiger partial charge in [-0.15, -0.1) is 0 Å². The number of nitrogens with zero attached hydrogens (tertiary/aromatic N) is 1. The first-order valence-corrected chi connectivity index (χ1v) is 14.9. The van der Waals surface area contributed by atoms with Crippen LogP contribution in [0, 0.1) is 5.92 Å². The highest BCUT2D eigenvalue weighted by Gasteiger charge is 2.47. The maximum atomic E-state index is 14.0. The van der Waals surface area contributed by atoms with E-state index in [-0.39, 0.29) is 30.5 Å². The van der Waals surface area contributed by atoms with Gasteiger partial charge in [0, 0.05) is 25.0 Å². The Bertz CT molecular complexity index is 1330. The SMILES string of the molecule is N[C@H](Cc1ccccc1)C(=O)N[C@@H]1C(=O)N2[C@@H](CC[C@@H]1CO)CC[C@H]2C(=O)NC(c1ccccc1)c1ccccc1.O=C[O-]. The molecule has 10 heteroatoms. The summed E-state index contributed by atoms with van der Waals surface area (Å²) in [7, 11) is 0. The number of nitrogens with two attached hydrogens (primary N) is 1. The Kier molecular flexibility index (Phi) is 11.6. The molecule has 3 aromatic rings. The Balaban J connectivity index is 0.00000141. The van der Waals surface area contributed by atoms with E-state index in [9.17, 15) is 19.5 Å². The Morgan fingerprint density at radius 2 is 1.43 bits per heavy atom. The quantitative estimate of drug-likeness (QED) is 0.267. The zero-order valence-corrected chi connectivity index (χ0v) is 24.5. The van der Waals surface area contributed by atoms with Crippen LogP contribution in [0.5, 0.6) is 0 Å². The van der Waals surface area contributed by atoms with E-state index in [0.29, 0.717) is 32.1 Å². The van der Waals surface area contributed by atoms with E-state index in [1.54, 1.807) is 4.90 Å². The number of carboxylic acid groups (broad SMARTS) is 1. The lowest BCUT2D eigenvalue weighted by molar-refractivity contribution is -0.283. The van der Waals surface area contributed by atoms with Crippen LogP contribution in [0.4, 0.5) is 0 Å². The highest BCUT2D eigenvalue weighted by molar-refractivity contribution is 5.94. The van der Waals surface area contributed by atoms with Crippen molar-refractivity contribution in [1.82, 2.24) is 15.5 Å². The molecule has 44 heavy (non-hydrogen) atoms. The van der Waals surface area contributed by atoms with Crippen molar-refractivity contribution in [1.29, 1.82) is 0 Å². The van der Waals surface area contributed by atoms with Crippen LogP contribution in [0.3, 0.4) is 0 Å². The molecule has 0 bridgehead atoms. The Morgan fingerprint density at radius 1 is 0.909 bits per heavy atom. The number of amides is 3. The molecule has 232 valence electrons. The minimum absolute atomic E-state index is 0.126. The molecule has 0 radical (unpaired) electrons. The van der Waals surface area contributed by atoms with Gasteiger partial charge in [0.1, 0.15) is 12.1 Å². The molecule has 0 aliphatic carbocycles. The van der Waals surface area contributed by atoms with Crippen molar-refractivity contribution in [3.8, 4) is 0 Å². The predicted molar refractivity (Wildman–Crippen MR) is 162 cm³/mol. The van der Waals surface area contributed by atoms with E-state index < -0.39 is 36.4 Å². The van der Waals surface area contributed by atoms with Crippen LogP contribution in [0.1, 0.15) is 48.4 Å². The summed E-state index contributed by atoms with van der Waals surface area (Å²) in [5, 5.41) is 24.5. The number of benzene rings is 3. The summed E-state index contributed by atoms with van der Waals surface area (Å²) < 4.78 is 0. The third kappa shape index (κ3) is 7.89. The van der Waals surface area contributed by atoms with Crippen LogP contribution in [0.2, 0.25) is 0 Å². The smallest absolute Gasteiger partial charge is 0.246 e. The molecule has 3 aromatic carbocycles. The molecule has 0 aromatic heterocycles. The molecular formula is C34H39N4O6-. The highest BCUT2D eigenvalue weighted by Crippen LogP contribution is 2.34. The standard InChI is InChI=1S/C33H38N4O4.CH2O2/c34-27(20-22-10-4-1-5-11-22)31(39)36-30-25(21-38)16-17-26-18-19-28(37(26)33(30)41)32(40)35-29(23-12-6-2-7-13-23)24-14-8-3-9-15-24;2-1-3/h1-15,25-30,38H,16-21,34H2,(H,35,40)(H,36,39);1H,(H,2,3)/p-1/t25-,26+,27-,28+,30+;/m1./s1. The third-order valence-corrected chi connectivity index (χ3v) is 8.39. The molecule has 3 amide bonds. The van der Waals surface area contributed by atoms with Crippen LogP contribution in [0.25, 0.3) is 0 Å². The molecule has 5 N–H and O–H groups in total. The van der Waals surface area contributed by atoms with Gasteiger partial charge in [-0.3, -0.25) is 14.4 Å². The van der Waals surface area contributed by atoms with E-state index in [4.69, 9.17) is 15.6 Å². The number of carbonyl (C=O) groups excluding carboxylic acids is 4. The maximum absolute atomic E-state index is 14.0. The zero-order chi connectivity index (χ0) is 31.5. The molecule has 2 heterocycles. The zero-order valence-electron chi connectivity index (χ0n) is 24.5. The monoisotopic (exact) mass is 599 g/mol. The summed E-state index contributed by atoms with van der Waals surface area (Å²) in [6.07, 6.45) is 2.78. The fourth-order valence-corrected chi connectivity index (χ4v) is 6.18. The van der Waals surface area contributed by atoms with Gasteiger partial charge >= 0.3 is 0 Å². The summed E-state index contributed by atoms with van der Waals surface area (Å²) in [5.41, 5.74) is 9.03. The molecule has 0 unspecified atom stereocenters. The van der Waals surface area contributed by atoms with Crippen molar-refractivity contribution in [3.63, 3.8) is 0 Å². The Labute approximate surface area is 257 Å². The summed E-state index contributed by atoms with van der Waals surface area (Å²) in [6.45, 7) is -0.744. The van der Waals surface area contributed by atoms with Gasteiger partial charge in [-0.1, -0.05) is 91.0 Å². The second-order valence-corrected chi connectivity index (χ2v) is 11.2. The molecule has 2 fully saturated rings. The number of fused-ring (bicyclic) bond motifs is 1. The van der Waals surface area contributed by atoms with Crippen LogP contribution in [-0.4, -0.2) is 65.0 Å². The van der Waals surface area contributed by atoms with Gasteiger partial charge in [0.15, 0.2) is 0 Å². The number of carbonyl (C=O) groups is 4. The van der Waals surface area contributed by atoms with E-state index in [2.05, 4.69) is 10.6 Å². The average Bonchev–Trinajstić information content (AvgIpc) is 3.43. The van der Waals surface area contributed by atoms with Crippen LogP contribution >= 0.6 is 0 Å². The molecule has 0 spiro atoms. The normalized spacial score (nSPS) is 21.7. The van der Waals surface area contributed by atoms with Crippen LogP contribution < -0.4 is 21.5 Å². The minimum atomic E-state index is -0.952. The van der Waals surface area contributed by atoms with Crippen molar-refractivity contribution >= 4 is 24.2 Å². The molecule has 2 saturated heterocycles. The first-order valence-electron chi connectivity index (χ1n) is 14.9. The van der Waals surface area contributed by atoms with Crippen molar-refractivity contribution in [2.24, 2.45) is 11.7 Å². The molecule has 5 rings (SSSR count). The summed E-state index contributed by atoms with van der Waals surface area (Å²) in [4.78, 5) is 50.9. The second-order valence-electron chi connectivity index (χ2n) is 11.2. The van der Waals surface area contributed by atoms with Crippen molar-refractivity contribution in [3.05, 3.63) is 108 Å². The average molecular weight is 600 g/mol. The van der Waals surface area contributed by atoms with Crippen molar-refractivity contribution in [2.45, 2.75) is 62.3 Å². The lowest BCUT2D eigenvalue weighted by atomic mass is 9.93. The number of aliphatic hydroxyl groups is 1. The topological polar surface area (TPSA) is 165 Å². The number of aliphatic hydroxyl groups excluding tert-OH is 1. The molecular weight excluding hydrogens is 560 g/mol. The number of rotatable bonds is 9. The predicted octanol–water partition coefficient (Wildman–Crippen LogP) is 1.08. The number of hydrogen-bond acceptors (Lipinski definition) is 7. The van der Waals surface area contributed by atoms with E-state index in [1.165, 1.54) is 0 Å². The van der Waals surface area contributed by atoms with E-state index >= 15 is 0 Å². The molecule has 10 nitrogen and oxygen atoms in total. The summed E-state index contributed by atoms with van der Waals surface area (Å²) in [6, 6.07) is 26.0. The first-order chi connectivity index (χ1) is 21.4. The molecule has 2 aliphatic rings. The first kappa shape index (κ1) is 32.4. The fraction of sp³-hybridized carbons (Fsp3) is 0.353. The third-order valence-electron chi connectivity index (χ3n) is 8.39. The van der Waals surface area contributed by atoms with Gasteiger partial charge in [0.05, 0.1) is 12.1 Å². The van der Waals surface area contributed by atoms with Gasteiger partial charge in [0.2, 0.25) is 17.7 Å². The molecule has 5 atom stereocenters. The van der Waals surface area contributed by atoms with Crippen molar-refractivity contribution in [2.75, 3.05) is 6.61 Å². The number of hydrogen-bond donors (Lipinski definition) is 4. The van der Waals surface area contributed by atoms with Gasteiger partial charge < -0.3 is 36.3 Å². The molecule has 2 aliphatic heterocycles. The minimum Gasteiger partial charge on any atom is -0.554 e. The van der Waals surface area contributed by atoms with Crippen molar-refractivity contribution < 1.29 is 29.4 Å².